The standard InChI is InChI=1S/C17H19N5O2/c1-11(23)20-14-3-4-15-13-7-12(9-22(15)16(14)24)8-21(10-13)17-18-5-2-6-19-17/h2-6,12-13H,7-10H2,1H3,(H,20,23)/t12-,13-/m1/s1. The molecule has 24 heavy (non-hydrogen) atoms. The summed E-state index contributed by atoms with van der Waals surface area (Å²) in [7, 11) is 0. The first kappa shape index (κ1) is 14.9. The van der Waals surface area contributed by atoms with E-state index in [1.165, 1.54) is 6.92 Å². The Morgan fingerprint density at radius 1 is 1.21 bits per heavy atom. The summed E-state index contributed by atoms with van der Waals surface area (Å²) in [5.74, 6) is 1.18. The summed E-state index contributed by atoms with van der Waals surface area (Å²) < 4.78 is 1.83. The molecule has 0 aromatic carbocycles. The lowest BCUT2D eigenvalue weighted by molar-refractivity contribution is -0.114. The number of nitrogens with one attached hydrogen (secondary N) is 1. The Labute approximate surface area is 139 Å². The van der Waals surface area contributed by atoms with Crippen LogP contribution in [0.25, 0.3) is 0 Å². The van der Waals surface area contributed by atoms with Crippen LogP contribution < -0.4 is 15.8 Å². The number of piperidine rings is 1. The average molecular weight is 325 g/mol. The Bertz CT molecular complexity index is 833. The fourth-order valence-electron chi connectivity index (χ4n) is 3.85. The number of rotatable bonds is 2. The SMILES string of the molecule is CC(=O)Nc1ccc2n(c1=O)C[C@@H]1C[C@@H]2CN(c2ncccn2)C1. The van der Waals surface area contributed by atoms with Crippen LogP contribution in [-0.4, -0.2) is 33.5 Å². The van der Waals surface area contributed by atoms with E-state index in [0.717, 1.165) is 31.2 Å². The Hall–Kier alpha value is -2.70. The second-order valence-corrected chi connectivity index (χ2v) is 6.52. The van der Waals surface area contributed by atoms with E-state index >= 15 is 0 Å². The third-order valence-electron chi connectivity index (χ3n) is 4.75. The smallest absolute Gasteiger partial charge is 0.274 e. The number of hydrogen-bond acceptors (Lipinski definition) is 5. The van der Waals surface area contributed by atoms with Gasteiger partial charge in [0.1, 0.15) is 5.69 Å². The van der Waals surface area contributed by atoms with Crippen molar-refractivity contribution in [2.45, 2.75) is 25.8 Å². The third-order valence-corrected chi connectivity index (χ3v) is 4.75. The number of nitrogens with zero attached hydrogens (tertiary/aromatic N) is 4. The molecular weight excluding hydrogens is 306 g/mol. The van der Waals surface area contributed by atoms with E-state index in [9.17, 15) is 9.59 Å². The average Bonchev–Trinajstić information content (AvgIpc) is 2.58. The molecule has 124 valence electrons. The Balaban J connectivity index is 1.67. The number of carbonyl (C=O) groups excluding carboxylic acids is 1. The second kappa shape index (κ2) is 5.74. The molecule has 4 rings (SSSR count). The normalized spacial score (nSPS) is 22.0. The van der Waals surface area contributed by atoms with Crippen molar-refractivity contribution in [2.24, 2.45) is 5.92 Å². The van der Waals surface area contributed by atoms with Gasteiger partial charge in [-0.1, -0.05) is 0 Å². The zero-order valence-electron chi connectivity index (χ0n) is 13.5. The van der Waals surface area contributed by atoms with Crippen LogP contribution in [0.15, 0.2) is 35.4 Å². The van der Waals surface area contributed by atoms with Gasteiger partial charge in [-0.2, -0.15) is 0 Å². The molecule has 1 N–H and O–H groups in total. The number of aromatic nitrogens is 3. The first-order chi connectivity index (χ1) is 11.6. The highest BCUT2D eigenvalue weighted by Gasteiger charge is 2.35. The number of fused-ring (bicyclic) bond motifs is 4. The van der Waals surface area contributed by atoms with E-state index in [1.54, 1.807) is 18.5 Å². The number of carbonyl (C=O) groups is 1. The largest absolute Gasteiger partial charge is 0.340 e. The molecule has 4 heterocycles. The Kier molecular flexibility index (Phi) is 3.55. The molecule has 0 radical (unpaired) electrons. The minimum absolute atomic E-state index is 0.109. The van der Waals surface area contributed by atoms with Crippen LogP contribution in [0.3, 0.4) is 0 Å². The second-order valence-electron chi connectivity index (χ2n) is 6.52. The van der Waals surface area contributed by atoms with Crippen molar-refractivity contribution < 1.29 is 4.79 Å². The minimum atomic E-state index is -0.226. The fourth-order valence-corrected chi connectivity index (χ4v) is 3.85. The van der Waals surface area contributed by atoms with Gasteiger partial charge in [0.25, 0.3) is 5.56 Å². The van der Waals surface area contributed by atoms with Crippen molar-refractivity contribution in [1.82, 2.24) is 14.5 Å². The maximum atomic E-state index is 12.6. The molecule has 7 heteroatoms. The van der Waals surface area contributed by atoms with Gasteiger partial charge in [0, 0.05) is 50.6 Å². The summed E-state index contributed by atoms with van der Waals surface area (Å²) in [6.45, 7) is 3.73. The molecule has 1 amide bonds. The predicted octanol–water partition coefficient (Wildman–Crippen LogP) is 1.22. The summed E-state index contributed by atoms with van der Waals surface area (Å²) in [4.78, 5) is 34.8. The maximum Gasteiger partial charge on any atom is 0.274 e. The zero-order valence-corrected chi connectivity index (χ0v) is 13.5. The Morgan fingerprint density at radius 2 is 2.00 bits per heavy atom. The molecule has 0 unspecified atom stereocenters. The van der Waals surface area contributed by atoms with Crippen molar-refractivity contribution in [3.8, 4) is 0 Å². The van der Waals surface area contributed by atoms with Crippen LogP contribution in [0.4, 0.5) is 11.6 Å². The minimum Gasteiger partial charge on any atom is -0.340 e. The zero-order chi connectivity index (χ0) is 16.7. The summed E-state index contributed by atoms with van der Waals surface area (Å²) in [6.07, 6.45) is 4.58. The summed E-state index contributed by atoms with van der Waals surface area (Å²) >= 11 is 0. The molecule has 1 saturated heterocycles. The number of anilines is 2. The van der Waals surface area contributed by atoms with Gasteiger partial charge in [-0.3, -0.25) is 9.59 Å². The number of pyridine rings is 1. The summed E-state index contributed by atoms with van der Waals surface area (Å²) in [5, 5.41) is 2.62. The lowest BCUT2D eigenvalue weighted by Gasteiger charge is -2.42. The van der Waals surface area contributed by atoms with Gasteiger partial charge in [-0.25, -0.2) is 9.97 Å². The van der Waals surface area contributed by atoms with E-state index in [0.29, 0.717) is 18.2 Å². The van der Waals surface area contributed by atoms with E-state index in [4.69, 9.17) is 0 Å². The monoisotopic (exact) mass is 325 g/mol. The number of hydrogen-bond donors (Lipinski definition) is 1. The molecule has 0 aliphatic carbocycles. The summed E-state index contributed by atoms with van der Waals surface area (Å²) in [6, 6.07) is 5.49. The van der Waals surface area contributed by atoms with E-state index in [-0.39, 0.29) is 17.4 Å². The van der Waals surface area contributed by atoms with Crippen molar-refractivity contribution in [2.75, 3.05) is 23.3 Å². The topological polar surface area (TPSA) is 80.1 Å². The van der Waals surface area contributed by atoms with E-state index in [1.807, 2.05) is 16.7 Å². The van der Waals surface area contributed by atoms with E-state index in [2.05, 4.69) is 20.2 Å². The van der Waals surface area contributed by atoms with Crippen LogP contribution in [0, 0.1) is 5.92 Å². The molecule has 7 nitrogen and oxygen atoms in total. The number of amides is 1. The molecular formula is C17H19N5O2. The lowest BCUT2D eigenvalue weighted by Crippen LogP contribution is -2.48. The van der Waals surface area contributed by atoms with Crippen LogP contribution in [0.1, 0.15) is 25.0 Å². The van der Waals surface area contributed by atoms with Crippen LogP contribution >= 0.6 is 0 Å². The predicted molar refractivity (Wildman–Crippen MR) is 90.1 cm³/mol. The van der Waals surface area contributed by atoms with Gasteiger partial charge in [0.15, 0.2) is 0 Å². The molecule has 2 bridgehead atoms. The van der Waals surface area contributed by atoms with Gasteiger partial charge < -0.3 is 14.8 Å². The molecule has 0 spiro atoms. The van der Waals surface area contributed by atoms with Gasteiger partial charge >= 0.3 is 0 Å². The third kappa shape index (κ3) is 2.55. The molecule has 2 aliphatic rings. The highest BCUT2D eigenvalue weighted by atomic mass is 16.2. The quantitative estimate of drug-likeness (QED) is 0.898. The van der Waals surface area contributed by atoms with Crippen LogP contribution in [-0.2, 0) is 11.3 Å². The van der Waals surface area contributed by atoms with Gasteiger partial charge in [0.05, 0.1) is 0 Å². The fraction of sp³-hybridized carbons (Fsp3) is 0.412. The highest BCUT2D eigenvalue weighted by molar-refractivity contribution is 5.88. The van der Waals surface area contributed by atoms with Gasteiger partial charge in [0.2, 0.25) is 11.9 Å². The molecule has 1 fully saturated rings. The van der Waals surface area contributed by atoms with Crippen molar-refractivity contribution in [3.63, 3.8) is 0 Å². The van der Waals surface area contributed by atoms with Gasteiger partial charge in [-0.05, 0) is 30.5 Å². The molecule has 2 aromatic heterocycles. The molecule has 2 atom stereocenters. The maximum absolute atomic E-state index is 12.6. The van der Waals surface area contributed by atoms with Gasteiger partial charge in [-0.15, -0.1) is 0 Å². The summed E-state index contributed by atoms with van der Waals surface area (Å²) in [5.41, 5.74) is 1.28. The van der Waals surface area contributed by atoms with E-state index < -0.39 is 0 Å². The lowest BCUT2D eigenvalue weighted by atomic mass is 9.83. The van der Waals surface area contributed by atoms with Crippen molar-refractivity contribution >= 4 is 17.5 Å². The first-order valence-electron chi connectivity index (χ1n) is 8.15. The Morgan fingerprint density at radius 3 is 2.75 bits per heavy atom. The van der Waals surface area contributed by atoms with Crippen molar-refractivity contribution in [3.05, 3.63) is 46.6 Å². The first-order valence-corrected chi connectivity index (χ1v) is 8.15. The highest BCUT2D eigenvalue weighted by Crippen LogP contribution is 2.36. The molecule has 2 aromatic rings. The van der Waals surface area contributed by atoms with Crippen molar-refractivity contribution in [1.29, 1.82) is 0 Å². The van der Waals surface area contributed by atoms with Crippen LogP contribution in [0.2, 0.25) is 0 Å². The molecule has 0 saturated carbocycles. The van der Waals surface area contributed by atoms with Crippen LogP contribution in [0.5, 0.6) is 0 Å². The molecule has 2 aliphatic heterocycles.